The van der Waals surface area contributed by atoms with Crippen LogP contribution in [0.4, 0.5) is 0 Å². The minimum Gasteiger partial charge on any atom is -0.277 e. The Labute approximate surface area is 42.4 Å². The number of hydrogen-bond acceptors (Lipinski definition) is 4. The van der Waals surface area contributed by atoms with Crippen LogP contribution in [0.1, 0.15) is 0 Å². The molecule has 0 aliphatic heterocycles. The second kappa shape index (κ2) is 3.42. The lowest BCUT2D eigenvalue weighted by molar-refractivity contribution is -0.274. The van der Waals surface area contributed by atoms with Crippen LogP contribution in [0.25, 0.3) is 0 Å². The summed E-state index contributed by atoms with van der Waals surface area (Å²) in [7, 11) is 3.07. The number of nitrogens with zero attached hydrogens (tertiary/aromatic N) is 1. The van der Waals surface area contributed by atoms with E-state index in [-0.39, 0.29) is 0 Å². The van der Waals surface area contributed by atoms with Gasteiger partial charge in [0.1, 0.15) is 0 Å². The molecular formula is C2H7NO2S. The largest absolute Gasteiger partial charge is 0.277 e. The number of hydroxylamine groups is 2. The fourth-order valence-electron chi connectivity index (χ4n) is 0.0333. The Morgan fingerprint density at radius 3 is 2.17 bits per heavy atom. The molecule has 0 aromatic carbocycles. The van der Waals surface area contributed by atoms with E-state index < -0.39 is 0 Å². The Hall–Kier alpha value is 0.230. The molecule has 0 aromatic rings. The Morgan fingerprint density at radius 1 is 1.67 bits per heavy atom. The predicted molar refractivity (Wildman–Crippen MR) is 24.8 cm³/mol. The second-order valence-electron chi connectivity index (χ2n) is 0.704. The lowest BCUT2D eigenvalue weighted by atomic mass is 11.5. The zero-order valence-corrected chi connectivity index (χ0v) is 4.61. The summed E-state index contributed by atoms with van der Waals surface area (Å²) in [5, 5.41) is 1.11. The molecule has 0 bridgehead atoms. The maximum absolute atomic E-state index is 4.43. The lowest BCUT2D eigenvalue weighted by Crippen LogP contribution is -2.10. The van der Waals surface area contributed by atoms with E-state index >= 15 is 0 Å². The summed E-state index contributed by atoms with van der Waals surface area (Å²) in [5.41, 5.74) is 0. The van der Waals surface area contributed by atoms with Gasteiger partial charge in [0.25, 0.3) is 0 Å². The summed E-state index contributed by atoms with van der Waals surface area (Å²) >= 11 is 3.40. The van der Waals surface area contributed by atoms with Gasteiger partial charge in [0.15, 0.2) is 0 Å². The van der Waals surface area contributed by atoms with Crippen molar-refractivity contribution in [3.05, 3.63) is 0 Å². The molecule has 0 saturated carbocycles. The molecule has 0 unspecified atom stereocenters. The molecule has 0 saturated heterocycles. The van der Waals surface area contributed by atoms with Crippen molar-refractivity contribution in [1.29, 1.82) is 0 Å². The van der Waals surface area contributed by atoms with E-state index in [1.807, 2.05) is 0 Å². The maximum Gasteiger partial charge on any atom is 0.0602 e. The first-order chi connectivity index (χ1) is 2.81. The predicted octanol–water partition coefficient (Wildman–Crippen LogP) is 0.256. The van der Waals surface area contributed by atoms with E-state index in [1.54, 1.807) is 7.05 Å². The Morgan fingerprint density at radius 2 is 2.17 bits per heavy atom. The summed E-state index contributed by atoms with van der Waals surface area (Å²) in [5.74, 6) is 0. The van der Waals surface area contributed by atoms with Gasteiger partial charge in [0, 0.05) is 20.0 Å². The van der Waals surface area contributed by atoms with E-state index in [0.29, 0.717) is 0 Å². The highest BCUT2D eigenvalue weighted by molar-refractivity contribution is 7.75. The second-order valence-corrected chi connectivity index (χ2v) is 0.867. The first-order valence-corrected chi connectivity index (χ1v) is 1.77. The molecule has 0 aliphatic rings. The van der Waals surface area contributed by atoms with Crippen LogP contribution in [0, 0.1) is 0 Å². The zero-order chi connectivity index (χ0) is 4.99. The normalized spacial score (nSPS) is 10.0. The summed E-state index contributed by atoms with van der Waals surface area (Å²) in [4.78, 5) is 4.43. The molecule has 0 amide bonds. The molecule has 0 N–H and O–H groups in total. The highest BCUT2D eigenvalue weighted by Crippen LogP contribution is 1.83. The summed E-state index contributed by atoms with van der Waals surface area (Å²) in [6, 6.07) is 0. The lowest BCUT2D eigenvalue weighted by Gasteiger charge is -2.05. The first kappa shape index (κ1) is 6.23. The van der Waals surface area contributed by atoms with Crippen molar-refractivity contribution >= 4 is 12.9 Å². The monoisotopic (exact) mass is 109 g/mol. The van der Waals surface area contributed by atoms with Gasteiger partial charge < -0.3 is 0 Å². The van der Waals surface area contributed by atoms with Gasteiger partial charge >= 0.3 is 0 Å². The van der Waals surface area contributed by atoms with Crippen molar-refractivity contribution in [3.63, 3.8) is 0 Å². The van der Waals surface area contributed by atoms with Gasteiger partial charge in [-0.3, -0.25) is 4.84 Å². The number of hydrogen-bond donors (Lipinski definition) is 1. The van der Waals surface area contributed by atoms with Crippen LogP contribution < -0.4 is 0 Å². The van der Waals surface area contributed by atoms with Crippen LogP contribution in [0.3, 0.4) is 0 Å². The van der Waals surface area contributed by atoms with E-state index in [0.717, 1.165) is 5.23 Å². The van der Waals surface area contributed by atoms with E-state index in [9.17, 15) is 0 Å². The third kappa shape index (κ3) is 2.47. The molecule has 0 rings (SSSR count). The summed E-state index contributed by atoms with van der Waals surface area (Å²) in [6.07, 6.45) is 0. The quantitative estimate of drug-likeness (QED) is 0.312. The number of rotatable bonds is 2. The smallest absolute Gasteiger partial charge is 0.0602 e. The van der Waals surface area contributed by atoms with Gasteiger partial charge in [-0.15, -0.1) is 0 Å². The van der Waals surface area contributed by atoms with E-state index in [1.165, 1.54) is 7.11 Å². The fraction of sp³-hybridized carbons (Fsp3) is 1.00. The van der Waals surface area contributed by atoms with Crippen LogP contribution in [-0.4, -0.2) is 19.4 Å². The standard InChI is InChI=1S/C2H7NO2S/c1-3(4-2)5-6/h6H,1-2H3. The fourth-order valence-corrected chi connectivity index (χ4v) is 0.100. The van der Waals surface area contributed by atoms with Crippen LogP contribution in [0.15, 0.2) is 0 Å². The van der Waals surface area contributed by atoms with Crippen molar-refractivity contribution in [2.24, 2.45) is 0 Å². The highest BCUT2D eigenvalue weighted by atomic mass is 32.1. The molecule has 0 radical (unpaired) electrons. The molecule has 0 heterocycles. The molecular weight excluding hydrogens is 102 g/mol. The molecule has 0 atom stereocenters. The van der Waals surface area contributed by atoms with Gasteiger partial charge in [0.05, 0.1) is 7.11 Å². The van der Waals surface area contributed by atoms with Crippen molar-refractivity contribution < 1.29 is 9.12 Å². The first-order valence-electron chi connectivity index (χ1n) is 1.40. The third-order valence-corrected chi connectivity index (χ3v) is 0.602. The molecule has 0 aliphatic carbocycles. The highest BCUT2D eigenvalue weighted by Gasteiger charge is 1.83. The third-order valence-electron chi connectivity index (χ3n) is 0.372. The van der Waals surface area contributed by atoms with Crippen molar-refractivity contribution in [2.75, 3.05) is 14.2 Å². The zero-order valence-electron chi connectivity index (χ0n) is 3.71. The Kier molecular flexibility index (Phi) is 3.55. The van der Waals surface area contributed by atoms with Crippen molar-refractivity contribution in [2.45, 2.75) is 0 Å². The molecule has 6 heavy (non-hydrogen) atoms. The maximum atomic E-state index is 4.43. The van der Waals surface area contributed by atoms with Gasteiger partial charge in [-0.1, -0.05) is 5.23 Å². The minimum absolute atomic E-state index is 1.11. The Bertz CT molecular complexity index is 30.7. The average Bonchev–Trinajstić information content (AvgIpc) is 1.65. The van der Waals surface area contributed by atoms with Crippen LogP contribution in [-0.2, 0) is 9.12 Å². The van der Waals surface area contributed by atoms with E-state index in [2.05, 4.69) is 22.0 Å². The minimum atomic E-state index is 1.11. The topological polar surface area (TPSA) is 21.7 Å². The van der Waals surface area contributed by atoms with Gasteiger partial charge in [0.2, 0.25) is 0 Å². The molecule has 0 aromatic heterocycles. The van der Waals surface area contributed by atoms with Gasteiger partial charge in [-0.25, -0.2) is 4.28 Å². The van der Waals surface area contributed by atoms with Gasteiger partial charge in [-0.2, -0.15) is 0 Å². The van der Waals surface area contributed by atoms with Crippen LogP contribution >= 0.6 is 12.9 Å². The Balaban J connectivity index is 2.75. The SMILES string of the molecule is CON(C)OS. The molecule has 3 nitrogen and oxygen atoms in total. The van der Waals surface area contributed by atoms with Crippen molar-refractivity contribution in [3.8, 4) is 0 Å². The summed E-state index contributed by atoms with van der Waals surface area (Å²) < 4.78 is 4.20. The molecule has 0 spiro atoms. The average molecular weight is 109 g/mol. The van der Waals surface area contributed by atoms with Gasteiger partial charge in [-0.05, 0) is 0 Å². The summed E-state index contributed by atoms with van der Waals surface area (Å²) in [6.45, 7) is 0. The van der Waals surface area contributed by atoms with Crippen molar-refractivity contribution in [1.82, 2.24) is 5.23 Å². The molecule has 0 fully saturated rings. The van der Waals surface area contributed by atoms with E-state index in [4.69, 9.17) is 0 Å². The molecule has 38 valence electrons. The number of thiol groups is 1. The van der Waals surface area contributed by atoms with Crippen LogP contribution in [0.5, 0.6) is 0 Å². The van der Waals surface area contributed by atoms with Crippen LogP contribution in [0.2, 0.25) is 0 Å². The molecule has 4 heteroatoms.